The molecule has 0 radical (unpaired) electrons. The second-order valence-electron chi connectivity index (χ2n) is 4.94. The summed E-state index contributed by atoms with van der Waals surface area (Å²) in [5.41, 5.74) is 7.96. The number of hydrogen-bond donors (Lipinski definition) is 1. The molecule has 18 heavy (non-hydrogen) atoms. The molecule has 5 heteroatoms. The SMILES string of the molecule is CCCc1nc(N)n(CC)c2nc(C3CC3)nc1-2. The van der Waals surface area contributed by atoms with E-state index in [0.717, 1.165) is 42.4 Å². The lowest BCUT2D eigenvalue weighted by molar-refractivity contribution is 0.729. The van der Waals surface area contributed by atoms with Gasteiger partial charge in [-0.2, -0.15) is 0 Å². The molecule has 0 saturated heterocycles. The quantitative estimate of drug-likeness (QED) is 0.896. The number of nitrogens with two attached hydrogens (primary N) is 1. The largest absolute Gasteiger partial charge is 0.369 e. The van der Waals surface area contributed by atoms with Crippen molar-refractivity contribution in [2.24, 2.45) is 0 Å². The van der Waals surface area contributed by atoms with Crippen molar-refractivity contribution in [1.29, 1.82) is 0 Å². The van der Waals surface area contributed by atoms with Crippen LogP contribution in [0, 0.1) is 0 Å². The predicted molar refractivity (Wildman–Crippen MR) is 70.5 cm³/mol. The molecule has 0 unspecified atom stereocenters. The summed E-state index contributed by atoms with van der Waals surface area (Å²) in [5, 5.41) is 0. The lowest BCUT2D eigenvalue weighted by Crippen LogP contribution is -2.13. The molecule has 2 N–H and O–H groups in total. The number of anilines is 1. The summed E-state index contributed by atoms with van der Waals surface area (Å²) < 4.78 is 1.95. The molecule has 96 valence electrons. The first-order chi connectivity index (χ1) is 8.74. The highest BCUT2D eigenvalue weighted by atomic mass is 15.2. The van der Waals surface area contributed by atoms with Crippen LogP contribution < -0.4 is 5.73 Å². The van der Waals surface area contributed by atoms with Gasteiger partial charge >= 0.3 is 0 Å². The Morgan fingerprint density at radius 3 is 2.61 bits per heavy atom. The molecule has 1 fully saturated rings. The maximum atomic E-state index is 6.01. The van der Waals surface area contributed by atoms with Crippen LogP contribution in [0.2, 0.25) is 0 Å². The fraction of sp³-hybridized carbons (Fsp3) is 0.615. The van der Waals surface area contributed by atoms with Crippen molar-refractivity contribution in [1.82, 2.24) is 19.5 Å². The van der Waals surface area contributed by atoms with E-state index in [2.05, 4.69) is 23.8 Å². The van der Waals surface area contributed by atoms with Crippen LogP contribution in [-0.4, -0.2) is 19.5 Å². The summed E-state index contributed by atoms with van der Waals surface area (Å²) in [6, 6.07) is 0. The molecule has 0 spiro atoms. The van der Waals surface area contributed by atoms with Crippen molar-refractivity contribution < 1.29 is 0 Å². The number of hydrogen-bond acceptors (Lipinski definition) is 4. The number of nitrogens with zero attached hydrogens (tertiary/aromatic N) is 4. The number of aromatic nitrogens is 4. The van der Waals surface area contributed by atoms with Gasteiger partial charge in [-0.15, -0.1) is 0 Å². The van der Waals surface area contributed by atoms with Gasteiger partial charge in [-0.25, -0.2) is 15.0 Å². The molecule has 1 aliphatic carbocycles. The molecular formula is C13H19N5. The van der Waals surface area contributed by atoms with Crippen LogP contribution in [0.1, 0.15) is 50.5 Å². The van der Waals surface area contributed by atoms with E-state index >= 15 is 0 Å². The highest BCUT2D eigenvalue weighted by Crippen LogP contribution is 2.40. The van der Waals surface area contributed by atoms with Crippen LogP contribution in [0.4, 0.5) is 5.95 Å². The predicted octanol–water partition coefficient (Wildman–Crippen LogP) is 2.21. The lowest BCUT2D eigenvalue weighted by atomic mass is 10.2. The number of fused-ring (bicyclic) bond motifs is 1. The first-order valence-corrected chi connectivity index (χ1v) is 6.77. The Morgan fingerprint density at radius 1 is 1.22 bits per heavy atom. The average Bonchev–Trinajstić information content (AvgIpc) is 3.10. The average molecular weight is 245 g/mol. The summed E-state index contributed by atoms with van der Waals surface area (Å²) >= 11 is 0. The normalized spacial score (nSPS) is 15.4. The van der Waals surface area contributed by atoms with Crippen LogP contribution in [0.25, 0.3) is 11.5 Å². The van der Waals surface area contributed by atoms with Crippen molar-refractivity contribution in [3.63, 3.8) is 0 Å². The summed E-state index contributed by atoms with van der Waals surface area (Å²) in [6.07, 6.45) is 4.39. The number of nitrogen functional groups attached to an aromatic ring is 1. The van der Waals surface area contributed by atoms with Gasteiger partial charge in [0.05, 0.1) is 5.69 Å². The van der Waals surface area contributed by atoms with E-state index in [0.29, 0.717) is 11.9 Å². The van der Waals surface area contributed by atoms with Gasteiger partial charge in [-0.3, -0.25) is 4.57 Å². The molecule has 1 saturated carbocycles. The highest BCUT2D eigenvalue weighted by molar-refractivity contribution is 5.59. The smallest absolute Gasteiger partial charge is 0.202 e. The third kappa shape index (κ3) is 1.74. The van der Waals surface area contributed by atoms with E-state index in [1.54, 1.807) is 0 Å². The Kier molecular flexibility index (Phi) is 2.69. The Hall–Kier alpha value is -1.65. The fourth-order valence-electron chi connectivity index (χ4n) is 2.34. The van der Waals surface area contributed by atoms with E-state index in [9.17, 15) is 0 Å². The molecule has 2 aliphatic heterocycles. The van der Waals surface area contributed by atoms with Gasteiger partial charge in [0.1, 0.15) is 11.5 Å². The van der Waals surface area contributed by atoms with E-state index in [-0.39, 0.29) is 0 Å². The summed E-state index contributed by atoms with van der Waals surface area (Å²) in [6.45, 7) is 4.98. The Labute approximate surface area is 107 Å². The zero-order chi connectivity index (χ0) is 12.7. The van der Waals surface area contributed by atoms with Gasteiger partial charge in [0.15, 0.2) is 5.82 Å². The third-order valence-electron chi connectivity index (χ3n) is 3.46. The number of rotatable bonds is 4. The Morgan fingerprint density at radius 2 is 2.00 bits per heavy atom. The zero-order valence-electron chi connectivity index (χ0n) is 11.0. The van der Waals surface area contributed by atoms with Crippen molar-refractivity contribution in [2.75, 3.05) is 5.73 Å². The minimum Gasteiger partial charge on any atom is -0.369 e. The Bertz CT molecular complexity index is 541. The monoisotopic (exact) mass is 245 g/mol. The van der Waals surface area contributed by atoms with E-state index in [1.165, 1.54) is 12.8 Å². The maximum absolute atomic E-state index is 6.01. The van der Waals surface area contributed by atoms with E-state index < -0.39 is 0 Å². The standard InChI is InChI=1S/C13H19N5/c1-3-5-9-10-12(18(4-2)13(14)15-9)17-11(16-10)8-6-7-8/h8H,3-7H2,1-2H3,(H2,14,15). The number of aryl methyl sites for hydroxylation is 1. The van der Waals surface area contributed by atoms with E-state index in [4.69, 9.17) is 10.7 Å². The molecule has 0 aromatic rings. The van der Waals surface area contributed by atoms with Crippen molar-refractivity contribution in [3.05, 3.63) is 11.5 Å². The van der Waals surface area contributed by atoms with Crippen LogP contribution in [0.15, 0.2) is 0 Å². The van der Waals surface area contributed by atoms with Crippen LogP contribution in [-0.2, 0) is 13.0 Å². The molecular weight excluding hydrogens is 226 g/mol. The molecule has 3 rings (SSSR count). The summed E-state index contributed by atoms with van der Waals surface area (Å²) in [5.74, 6) is 3.02. The molecule has 0 aromatic carbocycles. The minimum atomic E-state index is 0.552. The highest BCUT2D eigenvalue weighted by Gasteiger charge is 2.31. The first kappa shape index (κ1) is 11.4. The third-order valence-corrected chi connectivity index (χ3v) is 3.46. The van der Waals surface area contributed by atoms with Crippen LogP contribution in [0.3, 0.4) is 0 Å². The van der Waals surface area contributed by atoms with Crippen molar-refractivity contribution >= 4 is 5.95 Å². The van der Waals surface area contributed by atoms with Gasteiger partial charge < -0.3 is 5.73 Å². The molecule has 0 amide bonds. The molecule has 0 atom stereocenters. The van der Waals surface area contributed by atoms with Gasteiger partial charge in [0.2, 0.25) is 5.95 Å². The molecule has 5 nitrogen and oxygen atoms in total. The molecule has 2 heterocycles. The van der Waals surface area contributed by atoms with Gasteiger partial charge in [-0.05, 0) is 26.2 Å². The van der Waals surface area contributed by atoms with Crippen LogP contribution in [0.5, 0.6) is 0 Å². The zero-order valence-corrected chi connectivity index (χ0v) is 11.0. The summed E-state index contributed by atoms with van der Waals surface area (Å²) in [4.78, 5) is 13.9. The second-order valence-corrected chi connectivity index (χ2v) is 4.94. The first-order valence-electron chi connectivity index (χ1n) is 6.77. The Balaban J connectivity index is 2.18. The van der Waals surface area contributed by atoms with Gasteiger partial charge in [-0.1, -0.05) is 13.3 Å². The molecule has 0 aromatic heterocycles. The lowest BCUT2D eigenvalue weighted by Gasteiger charge is -2.13. The molecule has 0 bridgehead atoms. The molecule has 3 aliphatic rings. The van der Waals surface area contributed by atoms with Gasteiger partial charge in [0, 0.05) is 12.5 Å². The minimum absolute atomic E-state index is 0.552. The van der Waals surface area contributed by atoms with Gasteiger partial charge in [0.25, 0.3) is 0 Å². The van der Waals surface area contributed by atoms with Crippen LogP contribution >= 0.6 is 0 Å². The number of imidazole rings is 1. The second kappa shape index (κ2) is 4.23. The fourth-order valence-corrected chi connectivity index (χ4v) is 2.34. The van der Waals surface area contributed by atoms with Crippen molar-refractivity contribution in [3.8, 4) is 11.5 Å². The topological polar surface area (TPSA) is 69.6 Å². The summed E-state index contributed by atoms with van der Waals surface area (Å²) in [7, 11) is 0. The van der Waals surface area contributed by atoms with E-state index in [1.807, 2.05) is 4.57 Å². The van der Waals surface area contributed by atoms with Crippen molar-refractivity contribution in [2.45, 2.75) is 52.0 Å². The maximum Gasteiger partial charge on any atom is 0.202 e.